The Morgan fingerprint density at radius 1 is 1.11 bits per heavy atom. The van der Waals surface area contributed by atoms with E-state index in [2.05, 4.69) is 4.74 Å². The van der Waals surface area contributed by atoms with Gasteiger partial charge in [0.25, 0.3) is 0 Å². The Morgan fingerprint density at radius 2 is 1.58 bits per heavy atom. The topological polar surface area (TPSA) is 29.5 Å². The maximum Gasteiger partial charge on any atom is 0.411 e. The smallest absolute Gasteiger partial charge is 0.386 e. The molecule has 0 bridgehead atoms. The fourth-order valence-electron chi connectivity index (χ4n) is 2.12. The summed E-state index contributed by atoms with van der Waals surface area (Å²) in [5.74, 6) is 0. The Bertz CT molecular complexity index is 427. The lowest BCUT2D eigenvalue weighted by Gasteiger charge is -2.20. The van der Waals surface area contributed by atoms with Crippen molar-refractivity contribution in [2.45, 2.75) is 40.0 Å². The quantitative estimate of drug-likeness (QED) is 0.911. The summed E-state index contributed by atoms with van der Waals surface area (Å²) in [6, 6.07) is 2.00. The minimum Gasteiger partial charge on any atom is -0.386 e. The summed E-state index contributed by atoms with van der Waals surface area (Å²) in [6.07, 6.45) is -5.41. The van der Waals surface area contributed by atoms with Gasteiger partial charge in [-0.25, -0.2) is 0 Å². The number of halogens is 3. The number of hydrogen-bond acceptors (Lipinski definition) is 2. The van der Waals surface area contributed by atoms with Crippen LogP contribution >= 0.6 is 0 Å². The van der Waals surface area contributed by atoms with Crippen LogP contribution in [0.2, 0.25) is 0 Å². The van der Waals surface area contributed by atoms with Crippen molar-refractivity contribution in [3.05, 3.63) is 33.9 Å². The van der Waals surface area contributed by atoms with E-state index in [-0.39, 0.29) is 6.61 Å². The van der Waals surface area contributed by atoms with Gasteiger partial charge in [-0.2, -0.15) is 13.2 Å². The predicted octanol–water partition coefficient (Wildman–Crippen LogP) is 3.53. The molecule has 2 nitrogen and oxygen atoms in total. The molecule has 0 aromatic heterocycles. The SMILES string of the molecule is Cc1cc(C)c(C)c(C(O)COCC(F)(F)F)c1C. The molecule has 0 radical (unpaired) electrons. The van der Waals surface area contributed by atoms with Gasteiger partial charge in [0.05, 0.1) is 6.61 Å². The van der Waals surface area contributed by atoms with Crippen LogP contribution in [-0.2, 0) is 4.74 Å². The van der Waals surface area contributed by atoms with Gasteiger partial charge < -0.3 is 9.84 Å². The molecule has 0 aliphatic rings. The van der Waals surface area contributed by atoms with Crippen LogP contribution in [0.25, 0.3) is 0 Å². The molecule has 1 atom stereocenters. The lowest BCUT2D eigenvalue weighted by atomic mass is 9.91. The second-order valence-electron chi connectivity index (χ2n) is 4.82. The highest BCUT2D eigenvalue weighted by Crippen LogP contribution is 2.28. The van der Waals surface area contributed by atoms with Gasteiger partial charge in [-0.05, 0) is 55.5 Å². The summed E-state index contributed by atoms with van der Waals surface area (Å²) in [7, 11) is 0. The van der Waals surface area contributed by atoms with Gasteiger partial charge >= 0.3 is 6.18 Å². The first-order chi connectivity index (χ1) is 8.63. The van der Waals surface area contributed by atoms with Crippen molar-refractivity contribution < 1.29 is 23.0 Å². The Labute approximate surface area is 111 Å². The average molecular weight is 276 g/mol. The van der Waals surface area contributed by atoms with Gasteiger partial charge in [-0.15, -0.1) is 0 Å². The van der Waals surface area contributed by atoms with E-state index in [0.29, 0.717) is 5.56 Å². The Balaban J connectivity index is 2.85. The lowest BCUT2D eigenvalue weighted by molar-refractivity contribution is -0.179. The minimum absolute atomic E-state index is 0.357. The summed E-state index contributed by atoms with van der Waals surface area (Å²) in [5, 5.41) is 10.0. The van der Waals surface area contributed by atoms with E-state index in [9.17, 15) is 18.3 Å². The van der Waals surface area contributed by atoms with E-state index >= 15 is 0 Å². The highest BCUT2D eigenvalue weighted by Gasteiger charge is 2.28. The van der Waals surface area contributed by atoms with Crippen LogP contribution < -0.4 is 0 Å². The summed E-state index contributed by atoms with van der Waals surface area (Å²) < 4.78 is 40.5. The summed E-state index contributed by atoms with van der Waals surface area (Å²) in [6.45, 7) is 5.83. The molecule has 1 unspecified atom stereocenters. The molecule has 108 valence electrons. The molecule has 0 amide bonds. The van der Waals surface area contributed by atoms with Crippen molar-refractivity contribution in [3.63, 3.8) is 0 Å². The summed E-state index contributed by atoms with van der Waals surface area (Å²) in [4.78, 5) is 0. The number of aliphatic hydroxyl groups is 1. The molecular formula is C14H19F3O2. The van der Waals surface area contributed by atoms with E-state index in [1.54, 1.807) is 0 Å². The number of benzene rings is 1. The van der Waals surface area contributed by atoms with Crippen LogP contribution in [0.3, 0.4) is 0 Å². The lowest BCUT2D eigenvalue weighted by Crippen LogP contribution is -2.20. The zero-order chi connectivity index (χ0) is 14.8. The van der Waals surface area contributed by atoms with Gasteiger partial charge in [0.1, 0.15) is 12.7 Å². The summed E-state index contributed by atoms with van der Waals surface area (Å²) >= 11 is 0. The molecule has 0 saturated carbocycles. The van der Waals surface area contributed by atoms with Crippen LogP contribution in [0, 0.1) is 27.7 Å². The molecular weight excluding hydrogens is 257 g/mol. The Morgan fingerprint density at radius 3 is 2.00 bits per heavy atom. The van der Waals surface area contributed by atoms with Crippen LogP contribution in [0.4, 0.5) is 13.2 Å². The van der Waals surface area contributed by atoms with Gasteiger partial charge in [-0.3, -0.25) is 0 Å². The van der Waals surface area contributed by atoms with Crippen molar-refractivity contribution in [2.75, 3.05) is 13.2 Å². The van der Waals surface area contributed by atoms with Gasteiger partial charge in [0.2, 0.25) is 0 Å². The van der Waals surface area contributed by atoms with Crippen molar-refractivity contribution in [3.8, 4) is 0 Å². The van der Waals surface area contributed by atoms with Gasteiger partial charge in [-0.1, -0.05) is 6.07 Å². The average Bonchev–Trinajstić information content (AvgIpc) is 2.25. The molecule has 0 heterocycles. The standard InChI is InChI=1S/C14H19F3O2/c1-8-5-9(2)11(4)13(10(8)3)12(18)6-19-7-14(15,16)17/h5,12,18H,6-7H2,1-4H3. The molecule has 0 aliphatic carbocycles. The first-order valence-corrected chi connectivity index (χ1v) is 6.03. The molecule has 0 fully saturated rings. The Hall–Kier alpha value is -1.07. The number of rotatable bonds is 4. The third-order valence-electron chi connectivity index (χ3n) is 3.30. The van der Waals surface area contributed by atoms with E-state index in [0.717, 1.165) is 22.3 Å². The first-order valence-electron chi connectivity index (χ1n) is 6.03. The highest BCUT2D eigenvalue weighted by molar-refractivity contribution is 5.45. The second kappa shape index (κ2) is 5.92. The van der Waals surface area contributed by atoms with E-state index in [1.807, 2.05) is 33.8 Å². The molecule has 5 heteroatoms. The van der Waals surface area contributed by atoms with Gasteiger partial charge in [0.15, 0.2) is 0 Å². The zero-order valence-corrected chi connectivity index (χ0v) is 11.6. The second-order valence-corrected chi connectivity index (χ2v) is 4.82. The third-order valence-corrected chi connectivity index (χ3v) is 3.30. The molecule has 0 aliphatic heterocycles. The molecule has 1 aromatic carbocycles. The number of ether oxygens (including phenoxy) is 1. The van der Waals surface area contributed by atoms with Crippen LogP contribution in [-0.4, -0.2) is 24.5 Å². The number of aliphatic hydroxyl groups excluding tert-OH is 1. The largest absolute Gasteiger partial charge is 0.411 e. The molecule has 0 spiro atoms. The molecule has 19 heavy (non-hydrogen) atoms. The first kappa shape index (κ1) is 16.0. The number of alkyl halides is 3. The van der Waals surface area contributed by atoms with Crippen molar-refractivity contribution >= 4 is 0 Å². The fraction of sp³-hybridized carbons (Fsp3) is 0.571. The molecule has 1 N–H and O–H groups in total. The minimum atomic E-state index is -4.37. The maximum absolute atomic E-state index is 12.0. The van der Waals surface area contributed by atoms with Crippen molar-refractivity contribution in [2.24, 2.45) is 0 Å². The fourth-order valence-corrected chi connectivity index (χ4v) is 2.12. The van der Waals surface area contributed by atoms with Crippen LogP contribution in [0.1, 0.15) is 33.9 Å². The Kier molecular flexibility index (Phi) is 4.98. The zero-order valence-electron chi connectivity index (χ0n) is 11.6. The molecule has 1 aromatic rings. The molecule has 0 saturated heterocycles. The van der Waals surface area contributed by atoms with E-state index in [4.69, 9.17) is 0 Å². The van der Waals surface area contributed by atoms with E-state index < -0.39 is 18.9 Å². The van der Waals surface area contributed by atoms with Crippen LogP contribution in [0.15, 0.2) is 6.07 Å². The maximum atomic E-state index is 12.0. The van der Waals surface area contributed by atoms with E-state index in [1.165, 1.54) is 0 Å². The predicted molar refractivity (Wildman–Crippen MR) is 67.2 cm³/mol. The normalized spacial score (nSPS) is 13.7. The third kappa shape index (κ3) is 4.21. The van der Waals surface area contributed by atoms with Crippen LogP contribution in [0.5, 0.6) is 0 Å². The summed E-state index contributed by atoms with van der Waals surface area (Å²) in [5.41, 5.74) is 4.47. The van der Waals surface area contributed by atoms with Gasteiger partial charge in [0, 0.05) is 0 Å². The molecule has 1 rings (SSSR count). The number of hydrogen-bond donors (Lipinski definition) is 1. The monoisotopic (exact) mass is 276 g/mol. The van der Waals surface area contributed by atoms with Crippen molar-refractivity contribution in [1.82, 2.24) is 0 Å². The van der Waals surface area contributed by atoms with Crippen molar-refractivity contribution in [1.29, 1.82) is 0 Å². The number of aryl methyl sites for hydroxylation is 2. The highest BCUT2D eigenvalue weighted by atomic mass is 19.4.